The number of H-pyrrole nitrogens is 1. The molecule has 0 spiro atoms. The second-order valence-electron chi connectivity index (χ2n) is 3.62. The van der Waals surface area contributed by atoms with Gasteiger partial charge in [-0.2, -0.15) is 0 Å². The van der Waals surface area contributed by atoms with Gasteiger partial charge in [0.25, 0.3) is 0 Å². The number of rotatable bonds is 6. The average Bonchev–Trinajstić information content (AvgIpc) is 2.77. The first kappa shape index (κ1) is 11.0. The smallest absolute Gasteiger partial charge is 0.166 e. The van der Waals surface area contributed by atoms with Gasteiger partial charge in [0.2, 0.25) is 0 Å². The molecule has 2 heterocycles. The Bertz CT molecular complexity index is 377. The first-order valence-electron chi connectivity index (χ1n) is 5.45. The summed E-state index contributed by atoms with van der Waals surface area (Å²) in [6.07, 6.45) is 5.30. The highest BCUT2D eigenvalue weighted by molar-refractivity contribution is 7.99. The van der Waals surface area contributed by atoms with E-state index in [9.17, 15) is 0 Å². The molecule has 2 rings (SSSR count). The molecule has 0 atom stereocenters. The fourth-order valence-corrected chi connectivity index (χ4v) is 3.07. The fraction of sp³-hybridized carbons (Fsp3) is 0.545. The molecule has 0 radical (unpaired) electrons. The third-order valence-electron chi connectivity index (χ3n) is 2.34. The van der Waals surface area contributed by atoms with Gasteiger partial charge in [0, 0.05) is 16.5 Å². The zero-order chi connectivity index (χ0) is 10.5. The molecule has 15 heavy (non-hydrogen) atoms. The molecule has 0 aliphatic rings. The van der Waals surface area contributed by atoms with Gasteiger partial charge in [-0.3, -0.25) is 0 Å². The van der Waals surface area contributed by atoms with Crippen molar-refractivity contribution in [2.45, 2.75) is 37.8 Å². The number of imidazole rings is 1. The van der Waals surface area contributed by atoms with Crippen LogP contribution in [-0.2, 0) is 0 Å². The molecule has 0 saturated heterocycles. The number of thioether (sulfide) groups is 1. The van der Waals surface area contributed by atoms with Crippen LogP contribution in [-0.4, -0.2) is 15.7 Å². The molecule has 1 N–H and O–H groups in total. The van der Waals surface area contributed by atoms with Gasteiger partial charge in [0.1, 0.15) is 5.52 Å². The summed E-state index contributed by atoms with van der Waals surface area (Å²) >= 11 is 3.54. The Morgan fingerprint density at radius 2 is 2.27 bits per heavy atom. The molecule has 0 saturated carbocycles. The number of aromatic nitrogens is 2. The van der Waals surface area contributed by atoms with Gasteiger partial charge in [-0.25, -0.2) is 4.98 Å². The predicted octanol–water partition coefficient (Wildman–Crippen LogP) is 4.30. The van der Waals surface area contributed by atoms with Crippen molar-refractivity contribution in [1.82, 2.24) is 9.97 Å². The summed E-state index contributed by atoms with van der Waals surface area (Å²) in [7, 11) is 0. The van der Waals surface area contributed by atoms with E-state index in [4.69, 9.17) is 0 Å². The van der Waals surface area contributed by atoms with E-state index in [2.05, 4.69) is 27.7 Å². The summed E-state index contributed by atoms with van der Waals surface area (Å²) in [5.74, 6) is 1.18. The summed E-state index contributed by atoms with van der Waals surface area (Å²) in [6.45, 7) is 2.24. The van der Waals surface area contributed by atoms with E-state index < -0.39 is 0 Å². The van der Waals surface area contributed by atoms with Gasteiger partial charge < -0.3 is 4.98 Å². The summed E-state index contributed by atoms with van der Waals surface area (Å²) in [4.78, 5) is 7.84. The van der Waals surface area contributed by atoms with Crippen LogP contribution in [0.3, 0.4) is 0 Å². The molecule has 2 nitrogen and oxygen atoms in total. The highest BCUT2D eigenvalue weighted by Crippen LogP contribution is 2.22. The molecule has 4 heteroatoms. The van der Waals surface area contributed by atoms with Crippen LogP contribution in [0.15, 0.2) is 15.9 Å². The normalized spacial score (nSPS) is 11.3. The number of aromatic amines is 1. The SMILES string of the molecule is CCCCCCSc1nc2cscc2[nH]1. The molecular formula is C11H16N2S2. The lowest BCUT2D eigenvalue weighted by Gasteiger charge is -1.97. The highest BCUT2D eigenvalue weighted by Gasteiger charge is 2.02. The van der Waals surface area contributed by atoms with Crippen LogP contribution < -0.4 is 0 Å². The van der Waals surface area contributed by atoms with E-state index in [1.54, 1.807) is 11.3 Å². The summed E-state index contributed by atoms with van der Waals surface area (Å²) in [6, 6.07) is 0. The molecule has 0 unspecified atom stereocenters. The first-order valence-corrected chi connectivity index (χ1v) is 7.37. The van der Waals surface area contributed by atoms with Gasteiger partial charge in [-0.1, -0.05) is 37.9 Å². The fourth-order valence-electron chi connectivity index (χ4n) is 1.49. The Morgan fingerprint density at radius 3 is 3.07 bits per heavy atom. The van der Waals surface area contributed by atoms with Crippen LogP contribution in [0.4, 0.5) is 0 Å². The number of fused-ring (bicyclic) bond motifs is 1. The summed E-state index contributed by atoms with van der Waals surface area (Å²) in [5, 5.41) is 5.28. The largest absolute Gasteiger partial charge is 0.332 e. The van der Waals surface area contributed by atoms with Crippen molar-refractivity contribution in [1.29, 1.82) is 0 Å². The molecule has 0 aliphatic heterocycles. The molecule has 0 amide bonds. The lowest BCUT2D eigenvalue weighted by Crippen LogP contribution is -1.82. The van der Waals surface area contributed by atoms with Crippen molar-refractivity contribution in [2.75, 3.05) is 5.75 Å². The van der Waals surface area contributed by atoms with E-state index in [-0.39, 0.29) is 0 Å². The molecule has 0 aromatic carbocycles. The van der Waals surface area contributed by atoms with Crippen LogP contribution in [0.25, 0.3) is 11.0 Å². The van der Waals surface area contributed by atoms with E-state index >= 15 is 0 Å². The zero-order valence-corrected chi connectivity index (χ0v) is 10.6. The maximum Gasteiger partial charge on any atom is 0.166 e. The molecule has 82 valence electrons. The van der Waals surface area contributed by atoms with Crippen LogP contribution in [0, 0.1) is 0 Å². The number of hydrogen-bond acceptors (Lipinski definition) is 3. The van der Waals surface area contributed by atoms with Gasteiger partial charge >= 0.3 is 0 Å². The van der Waals surface area contributed by atoms with Crippen LogP contribution in [0.2, 0.25) is 0 Å². The van der Waals surface area contributed by atoms with Crippen molar-refractivity contribution in [2.24, 2.45) is 0 Å². The monoisotopic (exact) mass is 240 g/mol. The molecule has 0 fully saturated rings. The minimum absolute atomic E-state index is 1.07. The number of hydrogen-bond donors (Lipinski definition) is 1. The van der Waals surface area contributed by atoms with E-state index in [0.717, 1.165) is 10.7 Å². The molecule has 2 aromatic rings. The van der Waals surface area contributed by atoms with Crippen LogP contribution in [0.5, 0.6) is 0 Å². The lowest BCUT2D eigenvalue weighted by molar-refractivity contribution is 0.706. The molecule has 0 bridgehead atoms. The van der Waals surface area contributed by atoms with Crippen LogP contribution >= 0.6 is 23.1 Å². The van der Waals surface area contributed by atoms with Gasteiger partial charge in [-0.15, -0.1) is 11.3 Å². The summed E-state index contributed by atoms with van der Waals surface area (Å²) < 4.78 is 0. The Balaban J connectivity index is 1.77. The van der Waals surface area contributed by atoms with Crippen molar-refractivity contribution in [3.8, 4) is 0 Å². The average molecular weight is 240 g/mol. The number of nitrogens with one attached hydrogen (secondary N) is 1. The van der Waals surface area contributed by atoms with Crippen molar-refractivity contribution < 1.29 is 0 Å². The van der Waals surface area contributed by atoms with Gasteiger partial charge in [-0.05, 0) is 6.42 Å². The first-order chi connectivity index (χ1) is 7.40. The highest BCUT2D eigenvalue weighted by atomic mass is 32.2. The minimum atomic E-state index is 1.07. The number of thiophene rings is 1. The van der Waals surface area contributed by atoms with E-state index in [0.29, 0.717) is 0 Å². The number of unbranched alkanes of at least 4 members (excludes halogenated alkanes) is 3. The van der Waals surface area contributed by atoms with Gasteiger partial charge in [0.05, 0.1) is 5.52 Å². The molecule has 2 aromatic heterocycles. The Hall–Kier alpha value is -0.480. The summed E-state index contributed by atoms with van der Waals surface area (Å²) in [5.41, 5.74) is 2.28. The lowest BCUT2D eigenvalue weighted by atomic mass is 10.2. The maximum atomic E-state index is 4.51. The Labute approximate surface area is 98.5 Å². The quantitative estimate of drug-likeness (QED) is 0.602. The Kier molecular flexibility index (Phi) is 4.09. The maximum absolute atomic E-state index is 4.51. The van der Waals surface area contributed by atoms with E-state index in [1.807, 2.05) is 11.8 Å². The molecule has 0 aliphatic carbocycles. The van der Waals surface area contributed by atoms with E-state index in [1.165, 1.54) is 37.0 Å². The van der Waals surface area contributed by atoms with Crippen molar-refractivity contribution in [3.63, 3.8) is 0 Å². The topological polar surface area (TPSA) is 28.7 Å². The zero-order valence-electron chi connectivity index (χ0n) is 8.95. The van der Waals surface area contributed by atoms with Crippen molar-refractivity contribution >= 4 is 34.1 Å². The minimum Gasteiger partial charge on any atom is -0.332 e. The Morgan fingerprint density at radius 1 is 1.33 bits per heavy atom. The van der Waals surface area contributed by atoms with Crippen molar-refractivity contribution in [3.05, 3.63) is 10.8 Å². The second kappa shape index (κ2) is 5.56. The third kappa shape index (κ3) is 2.98. The standard InChI is InChI=1S/C11H16N2S2/c1-2-3-4-5-6-15-11-12-9-7-14-8-10(9)13-11/h7-8H,2-6H2,1H3,(H,12,13). The van der Waals surface area contributed by atoms with Gasteiger partial charge in [0.15, 0.2) is 5.16 Å². The number of nitrogens with zero attached hydrogens (tertiary/aromatic N) is 1. The van der Waals surface area contributed by atoms with Crippen LogP contribution in [0.1, 0.15) is 32.6 Å². The third-order valence-corrected chi connectivity index (χ3v) is 4.03. The predicted molar refractivity (Wildman–Crippen MR) is 68.8 cm³/mol. The second-order valence-corrected chi connectivity index (χ2v) is 5.45. The molecular weight excluding hydrogens is 224 g/mol.